The van der Waals surface area contributed by atoms with Crippen LogP contribution in [-0.2, 0) is 12.8 Å². The highest BCUT2D eigenvalue weighted by molar-refractivity contribution is 6.10. The minimum absolute atomic E-state index is 0. The zero-order chi connectivity index (χ0) is 20.9. The van der Waals surface area contributed by atoms with Crippen molar-refractivity contribution in [3.8, 4) is 0 Å². The van der Waals surface area contributed by atoms with Crippen LogP contribution in [0.4, 0.5) is 5.69 Å². The van der Waals surface area contributed by atoms with Crippen molar-refractivity contribution < 1.29 is 0 Å². The number of aryl methyl sites for hydroxylation is 2. The topological polar surface area (TPSA) is 26.0 Å². The summed E-state index contributed by atoms with van der Waals surface area (Å²) < 4.78 is 0. The van der Waals surface area contributed by atoms with Crippen LogP contribution in [0.5, 0.6) is 0 Å². The second kappa shape index (κ2) is 8.15. The molecule has 5 aromatic rings. The van der Waals surface area contributed by atoms with E-state index in [1.54, 1.807) is 0 Å². The molecule has 1 unspecified atom stereocenters. The number of nitrogen functional groups attached to an aromatic ring is 1. The lowest BCUT2D eigenvalue weighted by atomic mass is 9.76. The van der Waals surface area contributed by atoms with Crippen molar-refractivity contribution in [1.82, 2.24) is 0 Å². The predicted molar refractivity (Wildman–Crippen MR) is 141 cm³/mol. The molecule has 1 aliphatic carbocycles. The first kappa shape index (κ1) is 20.8. The highest BCUT2D eigenvalue weighted by Crippen LogP contribution is 2.44. The molecular formula is C30H28ClN. The van der Waals surface area contributed by atoms with Gasteiger partial charge in [-0.1, -0.05) is 85.8 Å². The van der Waals surface area contributed by atoms with E-state index in [4.69, 9.17) is 5.73 Å². The van der Waals surface area contributed by atoms with Crippen LogP contribution in [0.25, 0.3) is 32.3 Å². The Balaban J connectivity index is 0.00000216. The Bertz CT molecular complexity index is 1470. The first-order chi connectivity index (χ1) is 15.3. The molecule has 2 N–H and O–H groups in total. The Kier molecular flexibility index (Phi) is 5.31. The fourth-order valence-corrected chi connectivity index (χ4v) is 5.81. The molecule has 5 aromatic carbocycles. The van der Waals surface area contributed by atoms with Crippen molar-refractivity contribution >= 4 is 50.4 Å². The summed E-state index contributed by atoms with van der Waals surface area (Å²) in [6.45, 7) is 2.24. The van der Waals surface area contributed by atoms with Crippen molar-refractivity contribution in [1.29, 1.82) is 0 Å². The molecule has 1 aliphatic rings. The molecule has 0 heterocycles. The van der Waals surface area contributed by atoms with Crippen LogP contribution < -0.4 is 5.73 Å². The average molecular weight is 438 g/mol. The normalized spacial score (nSPS) is 15.6. The van der Waals surface area contributed by atoms with E-state index in [1.165, 1.54) is 61.0 Å². The molecule has 1 atom stereocenters. The molecule has 0 aromatic heterocycles. The van der Waals surface area contributed by atoms with E-state index in [2.05, 4.69) is 85.8 Å². The summed E-state index contributed by atoms with van der Waals surface area (Å²) in [5.41, 5.74) is 13.4. The van der Waals surface area contributed by atoms with Crippen molar-refractivity contribution in [2.75, 3.05) is 5.73 Å². The zero-order valence-electron chi connectivity index (χ0n) is 18.4. The van der Waals surface area contributed by atoms with Gasteiger partial charge in [0.25, 0.3) is 0 Å². The molecule has 160 valence electrons. The van der Waals surface area contributed by atoms with Gasteiger partial charge in [-0.3, -0.25) is 0 Å². The summed E-state index contributed by atoms with van der Waals surface area (Å²) in [6.07, 6.45) is 4.58. The van der Waals surface area contributed by atoms with Crippen LogP contribution >= 0.6 is 12.4 Å². The third-order valence-corrected chi connectivity index (χ3v) is 7.35. The largest absolute Gasteiger partial charge is 0.398 e. The van der Waals surface area contributed by atoms with E-state index < -0.39 is 0 Å². The lowest BCUT2D eigenvalue weighted by Crippen LogP contribution is -2.13. The Morgan fingerprint density at radius 2 is 1.44 bits per heavy atom. The van der Waals surface area contributed by atoms with E-state index >= 15 is 0 Å². The summed E-state index contributed by atoms with van der Waals surface area (Å²) >= 11 is 0. The first-order valence-corrected chi connectivity index (χ1v) is 11.5. The third kappa shape index (κ3) is 3.07. The van der Waals surface area contributed by atoms with Gasteiger partial charge in [-0.15, -0.1) is 12.4 Å². The molecule has 0 fully saturated rings. The fraction of sp³-hybridized carbons (Fsp3) is 0.200. The van der Waals surface area contributed by atoms with Crippen LogP contribution in [0.15, 0.2) is 78.9 Å². The number of rotatable bonds is 2. The smallest absolute Gasteiger partial charge is 0.0432 e. The van der Waals surface area contributed by atoms with Gasteiger partial charge >= 0.3 is 0 Å². The summed E-state index contributed by atoms with van der Waals surface area (Å²) in [5, 5.41) is 7.97. The number of hydrogen-bond acceptors (Lipinski definition) is 1. The van der Waals surface area contributed by atoms with E-state index in [-0.39, 0.29) is 12.4 Å². The summed E-state index contributed by atoms with van der Waals surface area (Å²) in [6, 6.07) is 29.1. The Morgan fingerprint density at radius 3 is 2.31 bits per heavy atom. The van der Waals surface area contributed by atoms with Gasteiger partial charge in [0.1, 0.15) is 0 Å². The number of fused-ring (bicyclic) bond motifs is 6. The van der Waals surface area contributed by atoms with Crippen molar-refractivity contribution in [3.05, 3.63) is 101 Å². The molecule has 32 heavy (non-hydrogen) atoms. The molecule has 1 nitrogen and oxygen atoms in total. The van der Waals surface area contributed by atoms with Crippen LogP contribution in [0.2, 0.25) is 0 Å². The minimum Gasteiger partial charge on any atom is -0.398 e. The Morgan fingerprint density at radius 1 is 0.719 bits per heavy atom. The molecule has 0 spiro atoms. The summed E-state index contributed by atoms with van der Waals surface area (Å²) in [4.78, 5) is 0. The number of nitrogens with two attached hydrogens (primary N) is 1. The van der Waals surface area contributed by atoms with Gasteiger partial charge in [-0.25, -0.2) is 0 Å². The van der Waals surface area contributed by atoms with Gasteiger partial charge in [0, 0.05) is 17.0 Å². The van der Waals surface area contributed by atoms with Crippen LogP contribution in [0, 0.1) is 0 Å². The molecule has 0 saturated carbocycles. The zero-order valence-corrected chi connectivity index (χ0v) is 19.2. The molecule has 0 saturated heterocycles. The van der Waals surface area contributed by atoms with Crippen molar-refractivity contribution in [2.45, 2.75) is 38.5 Å². The predicted octanol–water partition coefficient (Wildman–Crippen LogP) is 8.18. The maximum absolute atomic E-state index is 6.73. The SMILES string of the molecule is CCc1cccc2c1ccc1c3c(ccc12)C(c1ccc2ccccc2c1N)CCC3.Cl. The van der Waals surface area contributed by atoms with Gasteiger partial charge in [0.15, 0.2) is 0 Å². The van der Waals surface area contributed by atoms with Crippen LogP contribution in [0.3, 0.4) is 0 Å². The van der Waals surface area contributed by atoms with E-state index in [1.807, 2.05) is 0 Å². The second-order valence-corrected chi connectivity index (χ2v) is 8.89. The number of halogens is 1. The van der Waals surface area contributed by atoms with Gasteiger partial charge in [-0.2, -0.15) is 0 Å². The van der Waals surface area contributed by atoms with Gasteiger partial charge in [-0.05, 0) is 74.9 Å². The van der Waals surface area contributed by atoms with Gasteiger partial charge in [0.05, 0.1) is 0 Å². The minimum atomic E-state index is 0. The molecule has 0 amide bonds. The maximum Gasteiger partial charge on any atom is 0.0432 e. The average Bonchev–Trinajstić information content (AvgIpc) is 2.83. The molecule has 2 heteroatoms. The van der Waals surface area contributed by atoms with E-state index in [9.17, 15) is 0 Å². The number of benzene rings is 5. The first-order valence-electron chi connectivity index (χ1n) is 11.5. The molecule has 6 rings (SSSR count). The summed E-state index contributed by atoms with van der Waals surface area (Å²) in [7, 11) is 0. The Labute approximate surface area is 195 Å². The standard InChI is InChI=1S/C30H27N.ClH/c1-2-19-8-5-10-23-21(19)15-16-28-24-11-6-12-25(27(24)18-17-26(23)28)29-14-13-20-7-3-4-9-22(20)30(29)31;/h3-5,7-10,13-18,25H,2,6,11-12,31H2,1H3;1H. The lowest BCUT2D eigenvalue weighted by molar-refractivity contribution is 0.621. The molecular weight excluding hydrogens is 410 g/mol. The van der Waals surface area contributed by atoms with E-state index in [0.29, 0.717) is 5.92 Å². The Hall–Kier alpha value is -3.03. The third-order valence-electron chi connectivity index (χ3n) is 7.35. The monoisotopic (exact) mass is 437 g/mol. The molecule has 0 radical (unpaired) electrons. The second-order valence-electron chi connectivity index (χ2n) is 8.89. The quantitative estimate of drug-likeness (QED) is 0.218. The number of anilines is 1. The summed E-state index contributed by atoms with van der Waals surface area (Å²) in [5.74, 6) is 0.371. The highest BCUT2D eigenvalue weighted by atomic mass is 35.5. The molecule has 0 bridgehead atoms. The number of hydrogen-bond donors (Lipinski definition) is 1. The van der Waals surface area contributed by atoms with Gasteiger partial charge in [0.2, 0.25) is 0 Å². The van der Waals surface area contributed by atoms with Crippen molar-refractivity contribution in [3.63, 3.8) is 0 Å². The highest BCUT2D eigenvalue weighted by Gasteiger charge is 2.25. The lowest BCUT2D eigenvalue weighted by Gasteiger charge is -2.29. The maximum atomic E-state index is 6.73. The molecule has 0 aliphatic heterocycles. The van der Waals surface area contributed by atoms with Crippen molar-refractivity contribution in [2.24, 2.45) is 0 Å². The van der Waals surface area contributed by atoms with E-state index in [0.717, 1.165) is 24.9 Å². The van der Waals surface area contributed by atoms with Crippen LogP contribution in [0.1, 0.15) is 47.9 Å². The fourth-order valence-electron chi connectivity index (χ4n) is 5.81. The van der Waals surface area contributed by atoms with Gasteiger partial charge < -0.3 is 5.73 Å². The van der Waals surface area contributed by atoms with Crippen LogP contribution in [-0.4, -0.2) is 0 Å².